The first-order chi connectivity index (χ1) is 9.70. The van der Waals surface area contributed by atoms with E-state index in [4.69, 9.17) is 0 Å². The number of hydrogen-bond donors (Lipinski definition) is 1. The Morgan fingerprint density at radius 3 is 2.60 bits per heavy atom. The van der Waals surface area contributed by atoms with Gasteiger partial charge >= 0.3 is 0 Å². The zero-order chi connectivity index (χ0) is 14.4. The summed E-state index contributed by atoms with van der Waals surface area (Å²) in [6.45, 7) is 6.21. The minimum atomic E-state index is -2.38. The molecule has 0 spiro atoms. The molecule has 0 saturated carbocycles. The van der Waals surface area contributed by atoms with Crippen LogP contribution in [0.2, 0.25) is 0 Å². The molecule has 4 heteroatoms. The standard InChI is InChI=1S/C16H24F2N2/c1-2-20(15-4-3-10-19-11-9-15)12-13-5-7-14(8-6-13)16(17)18/h5-8,15-16,19H,2-4,9-12H2,1H3. The summed E-state index contributed by atoms with van der Waals surface area (Å²) < 4.78 is 25.1. The van der Waals surface area contributed by atoms with E-state index in [0.29, 0.717) is 6.04 Å². The van der Waals surface area contributed by atoms with Crippen LogP contribution in [0.3, 0.4) is 0 Å². The van der Waals surface area contributed by atoms with E-state index in [1.54, 1.807) is 12.1 Å². The van der Waals surface area contributed by atoms with Crippen molar-refractivity contribution in [3.05, 3.63) is 35.4 Å². The average Bonchev–Trinajstić information content (AvgIpc) is 2.74. The molecule has 1 unspecified atom stereocenters. The SMILES string of the molecule is CCN(Cc1ccc(C(F)F)cc1)C1CCCNCC1. The highest BCUT2D eigenvalue weighted by Crippen LogP contribution is 2.21. The number of benzene rings is 1. The van der Waals surface area contributed by atoms with Crippen molar-refractivity contribution in [3.63, 3.8) is 0 Å². The van der Waals surface area contributed by atoms with E-state index in [-0.39, 0.29) is 5.56 Å². The highest BCUT2D eigenvalue weighted by atomic mass is 19.3. The molecule has 1 heterocycles. The first-order valence-electron chi connectivity index (χ1n) is 7.52. The van der Waals surface area contributed by atoms with Gasteiger partial charge in [0.25, 0.3) is 6.43 Å². The lowest BCUT2D eigenvalue weighted by Crippen LogP contribution is -2.35. The number of halogens is 2. The quantitative estimate of drug-likeness (QED) is 0.888. The Morgan fingerprint density at radius 2 is 1.95 bits per heavy atom. The van der Waals surface area contributed by atoms with Crippen LogP contribution in [-0.2, 0) is 6.54 Å². The molecular formula is C16H24F2N2. The van der Waals surface area contributed by atoms with Crippen LogP contribution in [0.4, 0.5) is 8.78 Å². The number of nitrogens with zero attached hydrogens (tertiary/aromatic N) is 1. The lowest BCUT2D eigenvalue weighted by molar-refractivity contribution is 0.151. The lowest BCUT2D eigenvalue weighted by Gasteiger charge is -2.30. The van der Waals surface area contributed by atoms with E-state index >= 15 is 0 Å². The zero-order valence-electron chi connectivity index (χ0n) is 12.1. The molecule has 1 saturated heterocycles. The van der Waals surface area contributed by atoms with Crippen molar-refractivity contribution >= 4 is 0 Å². The third-order valence-electron chi connectivity index (χ3n) is 4.09. The molecule has 2 nitrogen and oxygen atoms in total. The van der Waals surface area contributed by atoms with E-state index in [0.717, 1.165) is 31.7 Å². The summed E-state index contributed by atoms with van der Waals surface area (Å²) in [6, 6.07) is 7.35. The lowest BCUT2D eigenvalue weighted by atomic mass is 10.1. The van der Waals surface area contributed by atoms with Gasteiger partial charge in [-0.1, -0.05) is 31.2 Å². The van der Waals surface area contributed by atoms with Gasteiger partial charge in [0.05, 0.1) is 0 Å². The van der Waals surface area contributed by atoms with Gasteiger partial charge in [-0.15, -0.1) is 0 Å². The van der Waals surface area contributed by atoms with Gasteiger partial charge in [0.2, 0.25) is 0 Å². The Bertz CT molecular complexity index is 384. The van der Waals surface area contributed by atoms with Gasteiger partial charge in [-0.3, -0.25) is 4.90 Å². The van der Waals surface area contributed by atoms with E-state index < -0.39 is 6.43 Å². The molecule has 2 rings (SSSR count). The second kappa shape index (κ2) is 7.70. The summed E-state index contributed by atoms with van der Waals surface area (Å²) in [5.74, 6) is 0. The Balaban J connectivity index is 1.97. The van der Waals surface area contributed by atoms with Gasteiger partial charge in [-0.25, -0.2) is 8.78 Å². The summed E-state index contributed by atoms with van der Waals surface area (Å²) in [6.07, 6.45) is 1.23. The summed E-state index contributed by atoms with van der Waals surface area (Å²) in [5.41, 5.74) is 1.23. The van der Waals surface area contributed by atoms with Gasteiger partial charge in [0, 0.05) is 18.2 Å². The smallest absolute Gasteiger partial charge is 0.263 e. The van der Waals surface area contributed by atoms with Crippen LogP contribution in [-0.4, -0.2) is 30.6 Å². The largest absolute Gasteiger partial charge is 0.317 e. The number of rotatable bonds is 5. The van der Waals surface area contributed by atoms with E-state index in [2.05, 4.69) is 17.1 Å². The molecule has 1 fully saturated rings. The molecule has 0 radical (unpaired) electrons. The van der Waals surface area contributed by atoms with Gasteiger partial charge < -0.3 is 5.32 Å². The van der Waals surface area contributed by atoms with Crippen molar-refractivity contribution in [1.29, 1.82) is 0 Å². The van der Waals surface area contributed by atoms with E-state index in [1.165, 1.54) is 19.3 Å². The Hall–Kier alpha value is -1.00. The number of hydrogen-bond acceptors (Lipinski definition) is 2. The van der Waals surface area contributed by atoms with Crippen LogP contribution in [0, 0.1) is 0 Å². The summed E-state index contributed by atoms with van der Waals surface area (Å²) in [5, 5.41) is 3.43. The van der Waals surface area contributed by atoms with Crippen molar-refractivity contribution in [2.75, 3.05) is 19.6 Å². The Morgan fingerprint density at radius 1 is 1.20 bits per heavy atom. The summed E-state index contributed by atoms with van der Waals surface area (Å²) in [7, 11) is 0. The third kappa shape index (κ3) is 4.25. The second-order valence-corrected chi connectivity index (χ2v) is 5.44. The van der Waals surface area contributed by atoms with Gasteiger partial charge in [0.15, 0.2) is 0 Å². The minimum Gasteiger partial charge on any atom is -0.317 e. The molecule has 1 aliphatic heterocycles. The van der Waals surface area contributed by atoms with Crippen molar-refractivity contribution in [2.24, 2.45) is 0 Å². The number of nitrogens with one attached hydrogen (secondary N) is 1. The van der Waals surface area contributed by atoms with Crippen LogP contribution in [0.25, 0.3) is 0 Å². The van der Waals surface area contributed by atoms with Crippen LogP contribution in [0.1, 0.15) is 43.7 Å². The maximum atomic E-state index is 12.5. The van der Waals surface area contributed by atoms with Crippen molar-refractivity contribution in [2.45, 2.75) is 45.2 Å². The zero-order valence-corrected chi connectivity index (χ0v) is 12.1. The van der Waals surface area contributed by atoms with Crippen LogP contribution >= 0.6 is 0 Å². The highest BCUT2D eigenvalue weighted by Gasteiger charge is 2.18. The van der Waals surface area contributed by atoms with Gasteiger partial charge in [-0.05, 0) is 44.5 Å². The van der Waals surface area contributed by atoms with E-state index in [1.807, 2.05) is 12.1 Å². The molecule has 20 heavy (non-hydrogen) atoms. The molecule has 0 amide bonds. The predicted octanol–water partition coefficient (Wildman–Crippen LogP) is 3.59. The van der Waals surface area contributed by atoms with Crippen LogP contribution in [0.5, 0.6) is 0 Å². The summed E-state index contributed by atoms with van der Waals surface area (Å²) in [4.78, 5) is 2.46. The molecular weight excluding hydrogens is 258 g/mol. The van der Waals surface area contributed by atoms with Crippen LogP contribution < -0.4 is 5.32 Å². The third-order valence-corrected chi connectivity index (χ3v) is 4.09. The molecule has 1 aromatic carbocycles. The number of alkyl halides is 2. The van der Waals surface area contributed by atoms with Crippen molar-refractivity contribution < 1.29 is 8.78 Å². The minimum absolute atomic E-state index is 0.107. The fourth-order valence-electron chi connectivity index (χ4n) is 2.87. The first kappa shape index (κ1) is 15.4. The summed E-state index contributed by atoms with van der Waals surface area (Å²) >= 11 is 0. The second-order valence-electron chi connectivity index (χ2n) is 5.44. The molecule has 1 aromatic rings. The fourth-order valence-corrected chi connectivity index (χ4v) is 2.87. The Labute approximate surface area is 120 Å². The normalized spacial score (nSPS) is 20.4. The van der Waals surface area contributed by atoms with Crippen molar-refractivity contribution in [3.8, 4) is 0 Å². The van der Waals surface area contributed by atoms with Crippen LogP contribution in [0.15, 0.2) is 24.3 Å². The van der Waals surface area contributed by atoms with Gasteiger partial charge in [0.1, 0.15) is 0 Å². The monoisotopic (exact) mass is 282 g/mol. The maximum Gasteiger partial charge on any atom is 0.263 e. The van der Waals surface area contributed by atoms with Gasteiger partial charge in [-0.2, -0.15) is 0 Å². The maximum absolute atomic E-state index is 12.5. The fraction of sp³-hybridized carbons (Fsp3) is 0.625. The topological polar surface area (TPSA) is 15.3 Å². The molecule has 1 atom stereocenters. The molecule has 0 aromatic heterocycles. The highest BCUT2D eigenvalue weighted by molar-refractivity contribution is 5.23. The molecule has 1 aliphatic rings. The molecule has 0 bridgehead atoms. The van der Waals surface area contributed by atoms with Crippen molar-refractivity contribution in [1.82, 2.24) is 10.2 Å². The first-order valence-corrected chi connectivity index (χ1v) is 7.52. The molecule has 1 N–H and O–H groups in total. The Kier molecular flexibility index (Phi) is 5.92. The predicted molar refractivity (Wildman–Crippen MR) is 78.0 cm³/mol. The molecule has 112 valence electrons. The van der Waals surface area contributed by atoms with E-state index in [9.17, 15) is 8.78 Å². The average molecular weight is 282 g/mol. The molecule has 0 aliphatic carbocycles.